The Morgan fingerprint density at radius 2 is 1.77 bits per heavy atom. The maximum atomic E-state index is 13.4. The minimum Gasteiger partial charge on any atom is -0.370 e. The van der Waals surface area contributed by atoms with Gasteiger partial charge in [-0.1, -0.05) is 11.6 Å². The number of rotatable bonds is 3. The van der Waals surface area contributed by atoms with Crippen LogP contribution in [-0.4, -0.2) is 48.3 Å². The molecule has 1 aromatic carbocycles. The zero-order chi connectivity index (χ0) is 21.5. The third-order valence-corrected chi connectivity index (χ3v) is 6.89. The SMILES string of the molecule is O=C1NC(=O)C(=Cc2cc(C(F)(F)F)cc(Cl)c2N2CCC(N3CCCC3)CC2)S1. The average molecular weight is 460 g/mol. The van der Waals surface area contributed by atoms with Crippen LogP contribution in [0.4, 0.5) is 23.7 Å². The van der Waals surface area contributed by atoms with Crippen molar-refractivity contribution in [2.75, 3.05) is 31.1 Å². The lowest BCUT2D eigenvalue weighted by Gasteiger charge is -2.38. The summed E-state index contributed by atoms with van der Waals surface area (Å²) in [5, 5.41) is 1.57. The molecule has 0 bridgehead atoms. The number of benzene rings is 1. The number of anilines is 1. The first kappa shape index (κ1) is 21.5. The number of piperidine rings is 1. The van der Waals surface area contributed by atoms with Crippen LogP contribution >= 0.6 is 23.4 Å². The largest absolute Gasteiger partial charge is 0.416 e. The van der Waals surface area contributed by atoms with Gasteiger partial charge in [0.05, 0.1) is 21.2 Å². The van der Waals surface area contributed by atoms with Crippen molar-refractivity contribution >= 4 is 46.3 Å². The van der Waals surface area contributed by atoms with Crippen LogP contribution in [0, 0.1) is 0 Å². The summed E-state index contributed by atoms with van der Waals surface area (Å²) in [5.41, 5.74) is -0.212. The molecule has 2 amide bonds. The third-order valence-electron chi connectivity index (χ3n) is 5.79. The standard InChI is InChI=1S/C20H21ClF3N3O2S/c21-15-11-13(20(22,23)24)9-12(10-16-18(28)25-19(29)30-16)17(15)27-7-3-14(4-8-27)26-5-1-2-6-26/h9-11,14H,1-8H2,(H,25,28,29). The monoisotopic (exact) mass is 459 g/mol. The van der Waals surface area contributed by atoms with Crippen molar-refractivity contribution in [2.45, 2.75) is 37.9 Å². The second-order valence-electron chi connectivity index (χ2n) is 7.71. The molecule has 3 fully saturated rings. The zero-order valence-electron chi connectivity index (χ0n) is 16.1. The molecule has 0 aromatic heterocycles. The molecule has 3 aliphatic rings. The van der Waals surface area contributed by atoms with Crippen LogP contribution in [-0.2, 0) is 11.0 Å². The third kappa shape index (κ3) is 4.48. The molecule has 3 heterocycles. The molecule has 0 spiro atoms. The minimum absolute atomic E-state index is 0.00831. The fraction of sp³-hybridized carbons (Fsp3) is 0.500. The van der Waals surface area contributed by atoms with E-state index in [2.05, 4.69) is 10.2 Å². The van der Waals surface area contributed by atoms with E-state index in [9.17, 15) is 22.8 Å². The Bertz CT molecular complexity index is 892. The molecule has 162 valence electrons. The molecule has 0 radical (unpaired) electrons. The molecule has 5 nitrogen and oxygen atoms in total. The first-order chi connectivity index (χ1) is 14.2. The van der Waals surface area contributed by atoms with Gasteiger partial charge in [0, 0.05) is 24.7 Å². The van der Waals surface area contributed by atoms with E-state index < -0.39 is 22.9 Å². The Morgan fingerprint density at radius 3 is 2.33 bits per heavy atom. The molecule has 0 aliphatic carbocycles. The van der Waals surface area contributed by atoms with Gasteiger partial charge in [-0.15, -0.1) is 0 Å². The highest BCUT2D eigenvalue weighted by molar-refractivity contribution is 8.18. The van der Waals surface area contributed by atoms with E-state index in [0.717, 1.165) is 38.1 Å². The molecule has 30 heavy (non-hydrogen) atoms. The Balaban J connectivity index is 1.66. The number of halogens is 4. The number of alkyl halides is 3. The van der Waals surface area contributed by atoms with Gasteiger partial charge in [-0.2, -0.15) is 13.2 Å². The predicted molar refractivity (Wildman–Crippen MR) is 112 cm³/mol. The van der Waals surface area contributed by atoms with Gasteiger partial charge in [0.25, 0.3) is 11.1 Å². The summed E-state index contributed by atoms with van der Waals surface area (Å²) < 4.78 is 40.1. The second-order valence-corrected chi connectivity index (χ2v) is 9.13. The summed E-state index contributed by atoms with van der Waals surface area (Å²) in [4.78, 5) is 27.9. The summed E-state index contributed by atoms with van der Waals surface area (Å²) in [5.74, 6) is -0.614. The lowest BCUT2D eigenvalue weighted by Crippen LogP contribution is -2.44. The number of hydrogen-bond donors (Lipinski definition) is 1. The van der Waals surface area contributed by atoms with Gasteiger partial charge in [0.1, 0.15) is 0 Å². The van der Waals surface area contributed by atoms with E-state index >= 15 is 0 Å². The summed E-state index contributed by atoms with van der Waals surface area (Å²) in [6.07, 6.45) is 0.984. The predicted octanol–water partition coefficient (Wildman–Crippen LogP) is 4.75. The summed E-state index contributed by atoms with van der Waals surface area (Å²) in [6, 6.07) is 2.41. The van der Waals surface area contributed by atoms with Crippen molar-refractivity contribution in [1.82, 2.24) is 10.2 Å². The molecule has 1 N–H and O–H groups in total. The highest BCUT2D eigenvalue weighted by atomic mass is 35.5. The molecule has 4 rings (SSSR count). The molecule has 0 atom stereocenters. The number of likely N-dealkylation sites (tertiary alicyclic amines) is 1. The molecular weight excluding hydrogens is 439 g/mol. The fourth-order valence-electron chi connectivity index (χ4n) is 4.35. The topological polar surface area (TPSA) is 52.7 Å². The number of thioether (sulfide) groups is 1. The van der Waals surface area contributed by atoms with E-state index in [1.165, 1.54) is 18.9 Å². The molecule has 3 saturated heterocycles. The molecular formula is C20H21ClF3N3O2S. The van der Waals surface area contributed by atoms with Gasteiger partial charge in [0.15, 0.2) is 0 Å². The van der Waals surface area contributed by atoms with Crippen molar-refractivity contribution < 1.29 is 22.8 Å². The van der Waals surface area contributed by atoms with Crippen LogP contribution in [0.3, 0.4) is 0 Å². The van der Waals surface area contributed by atoms with E-state index in [1.807, 2.05) is 4.90 Å². The van der Waals surface area contributed by atoms with Gasteiger partial charge in [0.2, 0.25) is 0 Å². The Kier molecular flexibility index (Phi) is 6.05. The number of carbonyl (C=O) groups excluding carboxylic acids is 2. The number of carbonyl (C=O) groups is 2. The zero-order valence-corrected chi connectivity index (χ0v) is 17.7. The van der Waals surface area contributed by atoms with Crippen molar-refractivity contribution in [3.8, 4) is 0 Å². The second kappa shape index (κ2) is 8.43. The van der Waals surface area contributed by atoms with Crippen molar-refractivity contribution in [1.29, 1.82) is 0 Å². The summed E-state index contributed by atoms with van der Waals surface area (Å²) >= 11 is 7.00. The van der Waals surface area contributed by atoms with Crippen LogP contribution in [0.1, 0.15) is 36.8 Å². The summed E-state index contributed by atoms with van der Waals surface area (Å²) in [7, 11) is 0. The van der Waals surface area contributed by atoms with E-state index in [-0.39, 0.29) is 15.5 Å². The van der Waals surface area contributed by atoms with E-state index in [0.29, 0.717) is 36.6 Å². The van der Waals surface area contributed by atoms with Crippen molar-refractivity contribution in [3.63, 3.8) is 0 Å². The normalized spacial score (nSPS) is 22.9. The van der Waals surface area contributed by atoms with Gasteiger partial charge in [-0.05, 0) is 68.7 Å². The maximum Gasteiger partial charge on any atom is 0.416 e. The smallest absolute Gasteiger partial charge is 0.370 e. The maximum absolute atomic E-state index is 13.4. The fourth-order valence-corrected chi connectivity index (χ4v) is 5.37. The number of nitrogens with zero attached hydrogens (tertiary/aromatic N) is 2. The number of imide groups is 1. The van der Waals surface area contributed by atoms with E-state index in [4.69, 9.17) is 11.6 Å². The quantitative estimate of drug-likeness (QED) is 0.661. The Labute approximate surface area is 181 Å². The van der Waals surface area contributed by atoms with Crippen molar-refractivity contribution in [3.05, 3.63) is 33.2 Å². The van der Waals surface area contributed by atoms with Crippen LogP contribution in [0.15, 0.2) is 17.0 Å². The highest BCUT2D eigenvalue weighted by Gasteiger charge is 2.34. The van der Waals surface area contributed by atoms with E-state index in [1.54, 1.807) is 0 Å². The van der Waals surface area contributed by atoms with Crippen LogP contribution in [0.5, 0.6) is 0 Å². The average Bonchev–Trinajstić information content (AvgIpc) is 3.31. The van der Waals surface area contributed by atoms with Gasteiger partial charge in [-0.25, -0.2) is 0 Å². The molecule has 0 saturated carbocycles. The lowest BCUT2D eigenvalue weighted by molar-refractivity contribution is -0.137. The summed E-state index contributed by atoms with van der Waals surface area (Å²) in [6.45, 7) is 3.54. The molecule has 1 aromatic rings. The lowest BCUT2D eigenvalue weighted by atomic mass is 10.00. The van der Waals surface area contributed by atoms with Gasteiger partial charge >= 0.3 is 6.18 Å². The Hall–Kier alpha value is -1.71. The first-order valence-electron chi connectivity index (χ1n) is 9.87. The number of hydrogen-bond acceptors (Lipinski definition) is 5. The van der Waals surface area contributed by atoms with Gasteiger partial charge < -0.3 is 9.80 Å². The van der Waals surface area contributed by atoms with Crippen LogP contribution in [0.25, 0.3) is 6.08 Å². The molecule has 3 aliphatic heterocycles. The van der Waals surface area contributed by atoms with Gasteiger partial charge in [-0.3, -0.25) is 14.9 Å². The van der Waals surface area contributed by atoms with Crippen molar-refractivity contribution in [2.24, 2.45) is 0 Å². The molecule has 0 unspecified atom stereocenters. The highest BCUT2D eigenvalue weighted by Crippen LogP contribution is 2.41. The molecule has 10 heteroatoms. The van der Waals surface area contributed by atoms with Crippen LogP contribution < -0.4 is 10.2 Å². The number of amides is 2. The minimum atomic E-state index is -4.57. The van der Waals surface area contributed by atoms with Crippen LogP contribution in [0.2, 0.25) is 5.02 Å². The first-order valence-corrected chi connectivity index (χ1v) is 11.1. The number of nitrogens with one attached hydrogen (secondary N) is 1. The Morgan fingerprint density at radius 1 is 1.10 bits per heavy atom.